The van der Waals surface area contributed by atoms with E-state index in [1.807, 2.05) is 48.5 Å². The molecule has 1 saturated heterocycles. The Morgan fingerprint density at radius 2 is 2.19 bits per heavy atom. The molecule has 2 heterocycles. The zero-order valence-electron chi connectivity index (χ0n) is 15.3. The third-order valence-corrected chi connectivity index (χ3v) is 6.50. The summed E-state index contributed by atoms with van der Waals surface area (Å²) in [4.78, 5) is 21.0. The van der Waals surface area contributed by atoms with Crippen LogP contribution in [0.4, 0.5) is 5.13 Å². The van der Waals surface area contributed by atoms with E-state index in [-0.39, 0.29) is 12.0 Å². The first-order valence-corrected chi connectivity index (χ1v) is 11.1. The van der Waals surface area contributed by atoms with Gasteiger partial charge in [-0.25, -0.2) is 4.98 Å². The largest absolute Gasteiger partial charge is 0.376 e. The number of benzene rings is 2. The summed E-state index contributed by atoms with van der Waals surface area (Å²) in [5.41, 5.74) is 1.63. The fourth-order valence-electron chi connectivity index (χ4n) is 3.26. The van der Waals surface area contributed by atoms with Crippen LogP contribution in [-0.2, 0) is 4.74 Å². The van der Waals surface area contributed by atoms with Crippen molar-refractivity contribution in [2.45, 2.75) is 30.8 Å². The lowest BCUT2D eigenvalue weighted by Crippen LogP contribution is -2.37. The van der Waals surface area contributed by atoms with Gasteiger partial charge < -0.3 is 4.74 Å². The minimum Gasteiger partial charge on any atom is -0.376 e. The van der Waals surface area contributed by atoms with Gasteiger partial charge in [-0.2, -0.15) is 0 Å². The van der Waals surface area contributed by atoms with Gasteiger partial charge in [0.05, 0.1) is 22.9 Å². The minimum absolute atomic E-state index is 0.0110. The number of fused-ring (bicyclic) bond motifs is 1. The normalized spacial score (nSPS) is 16.7. The monoisotopic (exact) mass is 398 g/mol. The van der Waals surface area contributed by atoms with Crippen LogP contribution < -0.4 is 4.90 Å². The van der Waals surface area contributed by atoms with Crippen molar-refractivity contribution < 1.29 is 9.53 Å². The van der Waals surface area contributed by atoms with Crippen LogP contribution in [0.1, 0.15) is 30.1 Å². The second kappa shape index (κ2) is 8.42. The lowest BCUT2D eigenvalue weighted by Gasteiger charge is -2.23. The van der Waals surface area contributed by atoms with Crippen molar-refractivity contribution in [2.75, 3.05) is 23.8 Å². The molecule has 3 aromatic rings. The SMILES string of the molecule is CCSc1cccc(C(=O)N(CC2CCCO2)c2nc3ccccc3s2)c1. The van der Waals surface area contributed by atoms with Crippen LogP contribution in [0, 0.1) is 0 Å². The molecule has 1 aliphatic rings. The third kappa shape index (κ3) is 4.18. The van der Waals surface area contributed by atoms with Crippen molar-refractivity contribution in [1.29, 1.82) is 0 Å². The maximum absolute atomic E-state index is 13.4. The number of carbonyl (C=O) groups excluding carboxylic acids is 1. The highest BCUT2D eigenvalue weighted by atomic mass is 32.2. The summed E-state index contributed by atoms with van der Waals surface area (Å²) in [5, 5.41) is 0.741. The summed E-state index contributed by atoms with van der Waals surface area (Å²) in [7, 11) is 0. The number of rotatable bonds is 6. The van der Waals surface area contributed by atoms with E-state index in [0.29, 0.717) is 12.1 Å². The zero-order valence-corrected chi connectivity index (χ0v) is 16.9. The van der Waals surface area contributed by atoms with Crippen LogP contribution in [0.2, 0.25) is 0 Å². The van der Waals surface area contributed by atoms with Gasteiger partial charge in [0.1, 0.15) is 0 Å². The molecule has 4 rings (SSSR count). The molecule has 0 aliphatic carbocycles. The Morgan fingerprint density at radius 3 is 2.96 bits per heavy atom. The lowest BCUT2D eigenvalue weighted by molar-refractivity contribution is 0.0917. The van der Waals surface area contributed by atoms with E-state index < -0.39 is 0 Å². The van der Waals surface area contributed by atoms with E-state index in [1.165, 1.54) is 0 Å². The van der Waals surface area contributed by atoms with E-state index in [1.54, 1.807) is 28.0 Å². The van der Waals surface area contributed by atoms with Gasteiger partial charge >= 0.3 is 0 Å². The summed E-state index contributed by atoms with van der Waals surface area (Å²) in [5.74, 6) is 0.970. The number of hydrogen-bond donors (Lipinski definition) is 0. The van der Waals surface area contributed by atoms with Crippen LogP contribution in [0.25, 0.3) is 10.2 Å². The first-order chi connectivity index (χ1) is 13.2. The molecule has 6 heteroatoms. The number of ether oxygens (including phenoxy) is 1. The van der Waals surface area contributed by atoms with Gasteiger partial charge in [-0.05, 0) is 48.9 Å². The summed E-state index contributed by atoms with van der Waals surface area (Å²) < 4.78 is 6.90. The molecule has 1 amide bonds. The maximum Gasteiger partial charge on any atom is 0.260 e. The van der Waals surface area contributed by atoms with E-state index in [0.717, 1.165) is 45.4 Å². The molecule has 0 spiro atoms. The predicted molar refractivity (Wildman–Crippen MR) is 113 cm³/mol. The van der Waals surface area contributed by atoms with Crippen molar-refractivity contribution in [3.8, 4) is 0 Å². The van der Waals surface area contributed by atoms with Crippen LogP contribution in [-0.4, -0.2) is 35.9 Å². The highest BCUT2D eigenvalue weighted by Crippen LogP contribution is 2.31. The molecule has 1 aliphatic heterocycles. The number of nitrogens with zero attached hydrogens (tertiary/aromatic N) is 2. The zero-order chi connectivity index (χ0) is 18.6. The van der Waals surface area contributed by atoms with Crippen LogP contribution >= 0.6 is 23.1 Å². The van der Waals surface area contributed by atoms with Gasteiger partial charge in [-0.3, -0.25) is 9.69 Å². The van der Waals surface area contributed by atoms with Crippen molar-refractivity contribution >= 4 is 44.4 Å². The quantitative estimate of drug-likeness (QED) is 0.533. The second-order valence-corrected chi connectivity index (χ2v) is 8.82. The van der Waals surface area contributed by atoms with Gasteiger partial charge in [0.2, 0.25) is 0 Å². The molecule has 1 fully saturated rings. The molecule has 2 aromatic carbocycles. The second-order valence-electron chi connectivity index (χ2n) is 6.48. The van der Waals surface area contributed by atoms with Gasteiger partial charge in [-0.15, -0.1) is 11.8 Å². The molecular weight excluding hydrogens is 376 g/mol. The number of carbonyl (C=O) groups is 1. The third-order valence-electron chi connectivity index (χ3n) is 4.56. The molecule has 1 atom stereocenters. The topological polar surface area (TPSA) is 42.4 Å². The van der Waals surface area contributed by atoms with E-state index >= 15 is 0 Å². The van der Waals surface area contributed by atoms with Crippen molar-refractivity contribution in [1.82, 2.24) is 4.98 Å². The Morgan fingerprint density at radius 1 is 1.30 bits per heavy atom. The average Bonchev–Trinajstić information content (AvgIpc) is 3.35. The Balaban J connectivity index is 1.68. The van der Waals surface area contributed by atoms with Crippen molar-refractivity contribution in [2.24, 2.45) is 0 Å². The highest BCUT2D eigenvalue weighted by Gasteiger charge is 2.27. The summed E-state index contributed by atoms with van der Waals surface area (Å²) >= 11 is 3.30. The van der Waals surface area contributed by atoms with Gasteiger partial charge in [0.25, 0.3) is 5.91 Å². The molecular formula is C21H22N2O2S2. The smallest absolute Gasteiger partial charge is 0.260 e. The minimum atomic E-state index is -0.0110. The molecule has 0 N–H and O–H groups in total. The molecule has 0 bridgehead atoms. The number of amides is 1. The Hall–Kier alpha value is -1.89. The van der Waals surface area contributed by atoms with Crippen LogP contribution in [0.3, 0.4) is 0 Å². The molecule has 0 radical (unpaired) electrons. The standard InChI is InChI=1S/C21H22N2O2S2/c1-2-26-17-9-5-7-15(13-17)20(24)23(14-16-8-6-12-25-16)21-22-18-10-3-4-11-19(18)27-21/h3-5,7,9-11,13,16H,2,6,8,12,14H2,1H3. The van der Waals surface area contributed by atoms with Gasteiger partial charge in [-0.1, -0.05) is 36.5 Å². The summed E-state index contributed by atoms with van der Waals surface area (Å²) in [6, 6.07) is 15.9. The number of thioether (sulfide) groups is 1. The number of hydrogen-bond acceptors (Lipinski definition) is 5. The Bertz CT molecular complexity index is 902. The van der Waals surface area contributed by atoms with Crippen molar-refractivity contribution in [3.63, 3.8) is 0 Å². The number of aromatic nitrogens is 1. The van der Waals surface area contributed by atoms with Crippen molar-refractivity contribution in [3.05, 3.63) is 54.1 Å². The average molecular weight is 399 g/mol. The van der Waals surface area contributed by atoms with Crippen LogP contribution in [0.5, 0.6) is 0 Å². The van der Waals surface area contributed by atoms with E-state index in [4.69, 9.17) is 9.72 Å². The van der Waals surface area contributed by atoms with Gasteiger partial charge in [0, 0.05) is 17.1 Å². The van der Waals surface area contributed by atoms with Gasteiger partial charge in [0.15, 0.2) is 5.13 Å². The molecule has 1 unspecified atom stereocenters. The maximum atomic E-state index is 13.4. The molecule has 27 heavy (non-hydrogen) atoms. The summed E-state index contributed by atoms with van der Waals surface area (Å²) in [6.45, 7) is 3.43. The number of anilines is 1. The molecule has 0 saturated carbocycles. The summed E-state index contributed by atoms with van der Waals surface area (Å²) in [6.07, 6.45) is 2.12. The number of thiazole rings is 1. The lowest BCUT2D eigenvalue weighted by atomic mass is 10.2. The fraction of sp³-hybridized carbons (Fsp3) is 0.333. The number of para-hydroxylation sites is 1. The Labute approximate surface area is 167 Å². The molecule has 140 valence electrons. The molecule has 1 aromatic heterocycles. The highest BCUT2D eigenvalue weighted by molar-refractivity contribution is 7.99. The fourth-order valence-corrected chi connectivity index (χ4v) is 4.95. The predicted octanol–water partition coefficient (Wildman–Crippen LogP) is 5.23. The van der Waals surface area contributed by atoms with E-state index in [2.05, 4.69) is 6.92 Å². The first-order valence-electron chi connectivity index (χ1n) is 9.26. The Kier molecular flexibility index (Phi) is 5.76. The van der Waals surface area contributed by atoms with Crippen LogP contribution in [0.15, 0.2) is 53.4 Å². The molecule has 4 nitrogen and oxygen atoms in total. The van der Waals surface area contributed by atoms with E-state index in [9.17, 15) is 4.79 Å². The first kappa shape index (κ1) is 18.5.